The van der Waals surface area contributed by atoms with Gasteiger partial charge in [0.2, 0.25) is 0 Å². The molecule has 0 saturated heterocycles. The van der Waals surface area contributed by atoms with Crippen molar-refractivity contribution in [2.75, 3.05) is 0 Å². The number of ether oxygens (including phenoxy) is 1. The first-order valence-corrected chi connectivity index (χ1v) is 8.67. The van der Waals surface area contributed by atoms with Crippen LogP contribution in [0, 0.1) is 18.8 Å². The number of halogens is 4. The van der Waals surface area contributed by atoms with Crippen molar-refractivity contribution < 1.29 is 28.5 Å². The number of aromatic hydroxyl groups is 1. The van der Waals surface area contributed by atoms with Crippen LogP contribution in [0.3, 0.4) is 0 Å². The van der Waals surface area contributed by atoms with E-state index >= 15 is 0 Å². The van der Waals surface area contributed by atoms with Crippen molar-refractivity contribution in [3.8, 4) is 17.2 Å². The number of hydrogen-bond donors (Lipinski definition) is 3. The van der Waals surface area contributed by atoms with Crippen LogP contribution in [0.4, 0.5) is 8.78 Å². The summed E-state index contributed by atoms with van der Waals surface area (Å²) in [6.45, 7) is 0. The van der Waals surface area contributed by atoms with Crippen LogP contribution in [0.1, 0.15) is 5.56 Å². The maximum atomic E-state index is 13.4. The first-order valence-electron chi connectivity index (χ1n) is 6.51. The highest BCUT2D eigenvalue weighted by Crippen LogP contribution is 2.35. The summed E-state index contributed by atoms with van der Waals surface area (Å²) >= 11 is 3.94. The van der Waals surface area contributed by atoms with Gasteiger partial charge in [0, 0.05) is 12.1 Å². The van der Waals surface area contributed by atoms with Crippen molar-refractivity contribution in [1.82, 2.24) is 0 Å². The quantitative estimate of drug-likeness (QED) is 0.486. The van der Waals surface area contributed by atoms with Crippen LogP contribution in [-0.2, 0) is 11.2 Å². The molecule has 0 heterocycles. The van der Waals surface area contributed by atoms with Crippen molar-refractivity contribution in [3.05, 3.63) is 48.6 Å². The van der Waals surface area contributed by atoms with Crippen LogP contribution in [0.2, 0.25) is 0 Å². The number of hydrogen-bond acceptors (Lipinski definition) is 4. The third kappa shape index (κ3) is 4.45. The lowest BCUT2D eigenvalue weighted by Crippen LogP contribution is -2.32. The zero-order valence-electron chi connectivity index (χ0n) is 11.9. The number of nitrogens with two attached hydrogens (primary N) is 1. The van der Waals surface area contributed by atoms with E-state index in [9.17, 15) is 13.6 Å². The molecule has 4 N–H and O–H groups in total. The second kappa shape index (κ2) is 7.78. The highest BCUT2D eigenvalue weighted by Gasteiger charge is 2.17. The number of rotatable bonds is 5. The molecule has 2 aromatic carbocycles. The average Bonchev–Trinajstić information content (AvgIpc) is 2.48. The zero-order valence-corrected chi connectivity index (χ0v) is 16.2. The van der Waals surface area contributed by atoms with Gasteiger partial charge in [-0.3, -0.25) is 4.79 Å². The molecule has 0 aliphatic carbocycles. The predicted octanol–water partition coefficient (Wildman–Crippen LogP) is 3.63. The molecule has 5 nitrogen and oxygen atoms in total. The van der Waals surface area contributed by atoms with E-state index in [0.717, 1.165) is 12.1 Å². The fraction of sp³-hybridized carbons (Fsp3) is 0.133. The lowest BCUT2D eigenvalue weighted by atomic mass is 10.1. The minimum Gasteiger partial charge on any atom is -0.503 e. The normalized spacial score (nSPS) is 12.0. The van der Waals surface area contributed by atoms with Gasteiger partial charge in [-0.05, 0) is 69.3 Å². The van der Waals surface area contributed by atoms with Gasteiger partial charge < -0.3 is 20.7 Å². The maximum Gasteiger partial charge on any atom is 0.320 e. The molecule has 0 aromatic heterocycles. The molecule has 0 spiro atoms. The summed E-state index contributed by atoms with van der Waals surface area (Å²) in [6.07, 6.45) is 0.143. The van der Waals surface area contributed by atoms with E-state index in [2.05, 4.69) is 0 Å². The summed E-state index contributed by atoms with van der Waals surface area (Å²) in [6, 6.07) is 4.10. The van der Waals surface area contributed by atoms with Crippen molar-refractivity contribution in [1.29, 1.82) is 0 Å². The van der Waals surface area contributed by atoms with E-state index in [-0.39, 0.29) is 12.2 Å². The summed E-state index contributed by atoms with van der Waals surface area (Å²) in [5.74, 6) is -4.15. The van der Waals surface area contributed by atoms with Gasteiger partial charge in [0.25, 0.3) is 0 Å². The predicted molar refractivity (Wildman–Crippen MR) is 99.3 cm³/mol. The summed E-state index contributed by atoms with van der Waals surface area (Å²) in [5.41, 5.74) is 6.22. The Hall–Kier alpha value is -1.21. The van der Waals surface area contributed by atoms with Crippen LogP contribution in [0.25, 0.3) is 0 Å². The molecule has 2 aromatic rings. The van der Waals surface area contributed by atoms with Crippen LogP contribution in [0.15, 0.2) is 24.3 Å². The van der Waals surface area contributed by atoms with Crippen molar-refractivity contribution in [3.63, 3.8) is 0 Å². The third-order valence-electron chi connectivity index (χ3n) is 3.04. The molecule has 9 heteroatoms. The monoisotopic (exact) mass is 561 g/mol. The van der Waals surface area contributed by atoms with Crippen molar-refractivity contribution in [2.45, 2.75) is 12.5 Å². The number of benzene rings is 2. The van der Waals surface area contributed by atoms with Gasteiger partial charge in [-0.1, -0.05) is 0 Å². The highest BCUT2D eigenvalue weighted by atomic mass is 127. The lowest BCUT2D eigenvalue weighted by Gasteiger charge is -2.14. The topological polar surface area (TPSA) is 92.8 Å². The van der Waals surface area contributed by atoms with Gasteiger partial charge in [0.15, 0.2) is 23.1 Å². The Kier molecular flexibility index (Phi) is 6.20. The summed E-state index contributed by atoms with van der Waals surface area (Å²) < 4.78 is 33.5. The van der Waals surface area contributed by atoms with Crippen molar-refractivity contribution >= 4 is 51.2 Å². The SMILES string of the molecule is N[C@@H](Cc1cc(I)c(Oc2cc(F)c(O)c(F)c2)c(I)c1)C(=O)O. The second-order valence-electron chi connectivity index (χ2n) is 4.88. The number of carboxylic acid groups (broad SMARTS) is 1. The van der Waals surface area contributed by atoms with Gasteiger partial charge in [0.1, 0.15) is 11.8 Å². The first-order chi connectivity index (χ1) is 11.2. The van der Waals surface area contributed by atoms with E-state index in [1.54, 1.807) is 12.1 Å². The van der Waals surface area contributed by atoms with Crippen LogP contribution in [-0.4, -0.2) is 22.2 Å². The van der Waals surface area contributed by atoms with E-state index in [4.69, 9.17) is 20.7 Å². The Morgan fingerprint density at radius 3 is 2.12 bits per heavy atom. The Balaban J connectivity index is 2.30. The molecule has 0 saturated carbocycles. The minimum absolute atomic E-state index is 0.103. The standard InChI is InChI=1S/C15H11F2I2NO4/c16-8-4-7(5-9(17)13(8)21)24-14-10(18)1-6(2-11(14)19)3-12(20)15(22)23/h1-2,4-5,12,21H,3,20H2,(H,22,23)/t12-/m0/s1. The largest absolute Gasteiger partial charge is 0.503 e. The van der Waals surface area contributed by atoms with E-state index < -0.39 is 29.4 Å². The molecule has 0 bridgehead atoms. The first kappa shape index (κ1) is 19.1. The molecule has 0 amide bonds. The van der Waals surface area contributed by atoms with Gasteiger partial charge in [-0.15, -0.1) is 0 Å². The number of phenols is 1. The Morgan fingerprint density at radius 2 is 1.67 bits per heavy atom. The molecule has 1 atom stereocenters. The molecule has 128 valence electrons. The van der Waals surface area contributed by atoms with Gasteiger partial charge >= 0.3 is 5.97 Å². The Labute approximate surface area is 163 Å². The smallest absolute Gasteiger partial charge is 0.320 e. The van der Waals surface area contributed by atoms with Crippen LogP contribution >= 0.6 is 45.2 Å². The number of phenolic OH excluding ortho intramolecular Hbond substituents is 1. The average molecular weight is 561 g/mol. The Bertz CT molecular complexity index is 755. The summed E-state index contributed by atoms with van der Waals surface area (Å²) in [7, 11) is 0. The highest BCUT2D eigenvalue weighted by molar-refractivity contribution is 14.1. The molecular weight excluding hydrogens is 550 g/mol. The fourth-order valence-corrected chi connectivity index (χ4v) is 4.01. The maximum absolute atomic E-state index is 13.4. The zero-order chi connectivity index (χ0) is 18.0. The molecule has 0 aliphatic heterocycles. The van der Waals surface area contributed by atoms with Crippen LogP contribution < -0.4 is 10.5 Å². The summed E-state index contributed by atoms with van der Waals surface area (Å²) in [5, 5.41) is 18.0. The van der Waals surface area contributed by atoms with Gasteiger partial charge in [-0.25, -0.2) is 8.78 Å². The number of carbonyl (C=O) groups is 1. The molecule has 0 aliphatic rings. The molecule has 0 radical (unpaired) electrons. The van der Waals surface area contributed by atoms with E-state index in [1.807, 2.05) is 45.2 Å². The third-order valence-corrected chi connectivity index (χ3v) is 4.64. The molecule has 2 rings (SSSR count). The van der Waals surface area contributed by atoms with E-state index in [0.29, 0.717) is 18.5 Å². The number of carboxylic acids is 1. The van der Waals surface area contributed by atoms with Gasteiger partial charge in [-0.2, -0.15) is 0 Å². The van der Waals surface area contributed by atoms with Crippen molar-refractivity contribution in [2.24, 2.45) is 5.73 Å². The second-order valence-corrected chi connectivity index (χ2v) is 7.20. The molecule has 0 fully saturated rings. The van der Waals surface area contributed by atoms with Crippen LogP contribution in [0.5, 0.6) is 17.2 Å². The number of aliphatic carboxylic acids is 1. The molecule has 24 heavy (non-hydrogen) atoms. The fourth-order valence-electron chi connectivity index (χ4n) is 1.89. The van der Waals surface area contributed by atoms with E-state index in [1.165, 1.54) is 0 Å². The molecule has 0 unspecified atom stereocenters. The lowest BCUT2D eigenvalue weighted by molar-refractivity contribution is -0.138. The molecular formula is C15H11F2I2NO4. The minimum atomic E-state index is -1.13. The Morgan fingerprint density at radius 1 is 1.17 bits per heavy atom. The summed E-state index contributed by atoms with van der Waals surface area (Å²) in [4.78, 5) is 10.8. The van der Waals surface area contributed by atoms with Gasteiger partial charge in [0.05, 0.1) is 7.14 Å².